The number of halogens is 1. The van der Waals surface area contributed by atoms with Gasteiger partial charge in [-0.2, -0.15) is 10.1 Å². The van der Waals surface area contributed by atoms with E-state index in [1.54, 1.807) is 26.0 Å². The first kappa shape index (κ1) is 14.8. The molecule has 118 valence electrons. The Hall–Kier alpha value is -3.10. The van der Waals surface area contributed by atoms with E-state index in [0.29, 0.717) is 17.1 Å². The summed E-state index contributed by atoms with van der Waals surface area (Å²) in [5, 5.41) is 18.7. The molecule has 0 aliphatic rings. The number of hydrogen-bond donors (Lipinski definition) is 0. The molecule has 3 aromatic rings. The third-order valence-electron chi connectivity index (χ3n) is 3.48. The highest BCUT2D eigenvalue weighted by molar-refractivity contribution is 5.53. The molecule has 0 saturated heterocycles. The highest BCUT2D eigenvalue weighted by atomic mass is 19.1. The smallest absolute Gasteiger partial charge is 0.309 e. The molecule has 2 aromatic heterocycles. The molecule has 2 heterocycles. The molecule has 3 rings (SSSR count). The Morgan fingerprint density at radius 3 is 2.65 bits per heavy atom. The lowest BCUT2D eigenvalue weighted by Gasteiger charge is -2.08. The zero-order valence-electron chi connectivity index (χ0n) is 12.3. The average molecular weight is 317 g/mol. The molecule has 0 N–H and O–H groups in total. The molecule has 1 aromatic carbocycles. The van der Waals surface area contributed by atoms with Crippen molar-refractivity contribution in [3.8, 4) is 11.4 Å². The molecule has 1 unspecified atom stereocenters. The minimum Gasteiger partial charge on any atom is -0.337 e. The van der Waals surface area contributed by atoms with Crippen LogP contribution in [0.4, 0.5) is 10.1 Å². The second-order valence-corrected chi connectivity index (χ2v) is 4.96. The van der Waals surface area contributed by atoms with Crippen LogP contribution in [0.1, 0.15) is 24.6 Å². The van der Waals surface area contributed by atoms with Gasteiger partial charge in [0.2, 0.25) is 5.82 Å². The Balaban J connectivity index is 1.91. The van der Waals surface area contributed by atoms with Gasteiger partial charge in [0.05, 0.1) is 4.92 Å². The van der Waals surface area contributed by atoms with Gasteiger partial charge < -0.3 is 4.52 Å². The zero-order valence-corrected chi connectivity index (χ0v) is 12.3. The van der Waals surface area contributed by atoms with Gasteiger partial charge in [0.25, 0.3) is 5.89 Å². The number of aromatic nitrogens is 4. The molecule has 0 radical (unpaired) electrons. The van der Waals surface area contributed by atoms with E-state index in [4.69, 9.17) is 4.52 Å². The van der Waals surface area contributed by atoms with E-state index in [1.165, 1.54) is 23.0 Å². The molecule has 0 saturated carbocycles. The van der Waals surface area contributed by atoms with Crippen molar-refractivity contribution in [2.24, 2.45) is 0 Å². The summed E-state index contributed by atoms with van der Waals surface area (Å²) >= 11 is 0. The zero-order chi connectivity index (χ0) is 16.6. The maximum Gasteiger partial charge on any atom is 0.309 e. The fourth-order valence-electron chi connectivity index (χ4n) is 2.21. The van der Waals surface area contributed by atoms with Crippen LogP contribution in [-0.2, 0) is 0 Å². The van der Waals surface area contributed by atoms with Gasteiger partial charge in [-0.05, 0) is 38.1 Å². The van der Waals surface area contributed by atoms with Crippen molar-refractivity contribution in [3.05, 3.63) is 58.0 Å². The normalized spacial score (nSPS) is 12.3. The summed E-state index contributed by atoms with van der Waals surface area (Å²) < 4.78 is 19.6. The lowest BCUT2D eigenvalue weighted by Crippen LogP contribution is -2.10. The Morgan fingerprint density at radius 2 is 2.04 bits per heavy atom. The molecule has 23 heavy (non-hydrogen) atoms. The molecule has 0 aliphatic heterocycles. The monoisotopic (exact) mass is 317 g/mol. The van der Waals surface area contributed by atoms with Crippen molar-refractivity contribution in [2.75, 3.05) is 0 Å². The van der Waals surface area contributed by atoms with Gasteiger partial charge in [-0.25, -0.2) is 4.39 Å². The quantitative estimate of drug-likeness (QED) is 0.542. The van der Waals surface area contributed by atoms with Gasteiger partial charge in [-0.15, -0.1) is 0 Å². The largest absolute Gasteiger partial charge is 0.337 e. The topological polar surface area (TPSA) is 99.9 Å². The standard InChI is InChI=1S/C14H12FN5O3/c1-8-12(20(21)22)7-16-19(8)9(2)14-17-13(18-23-14)10-3-5-11(15)6-4-10/h3-7,9H,1-2H3. The number of benzene rings is 1. The second kappa shape index (κ2) is 5.59. The number of nitrogens with zero attached hydrogens (tertiary/aromatic N) is 5. The van der Waals surface area contributed by atoms with Crippen LogP contribution in [0.15, 0.2) is 35.0 Å². The van der Waals surface area contributed by atoms with E-state index < -0.39 is 11.0 Å². The Kier molecular flexibility index (Phi) is 3.61. The summed E-state index contributed by atoms with van der Waals surface area (Å²) in [7, 11) is 0. The van der Waals surface area contributed by atoms with Gasteiger partial charge >= 0.3 is 5.69 Å². The molecular formula is C14H12FN5O3. The lowest BCUT2D eigenvalue weighted by molar-refractivity contribution is -0.385. The molecule has 1 atom stereocenters. The maximum absolute atomic E-state index is 12.9. The summed E-state index contributed by atoms with van der Waals surface area (Å²) in [4.78, 5) is 14.6. The summed E-state index contributed by atoms with van der Waals surface area (Å²) in [5.74, 6) is 0.210. The van der Waals surface area contributed by atoms with Gasteiger partial charge in [-0.3, -0.25) is 14.8 Å². The SMILES string of the molecule is Cc1c([N+](=O)[O-])cnn1C(C)c1nc(-c2ccc(F)cc2)no1. The van der Waals surface area contributed by atoms with E-state index >= 15 is 0 Å². The van der Waals surface area contributed by atoms with Crippen LogP contribution >= 0.6 is 0 Å². The fourth-order valence-corrected chi connectivity index (χ4v) is 2.21. The Labute approximate surface area is 129 Å². The number of hydrogen-bond acceptors (Lipinski definition) is 6. The van der Waals surface area contributed by atoms with Crippen LogP contribution in [0.3, 0.4) is 0 Å². The first-order valence-electron chi connectivity index (χ1n) is 6.75. The van der Waals surface area contributed by atoms with Gasteiger partial charge in [0, 0.05) is 5.56 Å². The summed E-state index contributed by atoms with van der Waals surface area (Å²) in [6.07, 6.45) is 1.18. The summed E-state index contributed by atoms with van der Waals surface area (Å²) in [6.45, 7) is 3.34. The van der Waals surface area contributed by atoms with Gasteiger partial charge in [-0.1, -0.05) is 5.16 Å². The van der Waals surface area contributed by atoms with Crippen LogP contribution in [0.5, 0.6) is 0 Å². The average Bonchev–Trinajstić information content (AvgIpc) is 3.14. The van der Waals surface area contributed by atoms with Crippen LogP contribution in [0.25, 0.3) is 11.4 Å². The molecule has 9 heteroatoms. The second-order valence-electron chi connectivity index (χ2n) is 4.96. The maximum atomic E-state index is 12.9. The highest BCUT2D eigenvalue weighted by Gasteiger charge is 2.24. The van der Waals surface area contributed by atoms with Crippen molar-refractivity contribution in [2.45, 2.75) is 19.9 Å². The van der Waals surface area contributed by atoms with Crippen LogP contribution in [0, 0.1) is 22.9 Å². The van der Waals surface area contributed by atoms with E-state index in [1.807, 2.05) is 0 Å². The Bertz CT molecular complexity index is 856. The van der Waals surface area contributed by atoms with Crippen LogP contribution < -0.4 is 0 Å². The van der Waals surface area contributed by atoms with Crippen molar-refractivity contribution >= 4 is 5.69 Å². The first-order valence-corrected chi connectivity index (χ1v) is 6.75. The predicted molar refractivity (Wildman–Crippen MR) is 77.1 cm³/mol. The fraction of sp³-hybridized carbons (Fsp3) is 0.214. The molecule has 8 nitrogen and oxygen atoms in total. The van der Waals surface area contributed by atoms with E-state index in [-0.39, 0.29) is 17.4 Å². The summed E-state index contributed by atoms with van der Waals surface area (Å²) in [5.41, 5.74) is 0.927. The van der Waals surface area contributed by atoms with E-state index in [0.717, 1.165) is 0 Å². The van der Waals surface area contributed by atoms with Crippen molar-refractivity contribution in [1.29, 1.82) is 0 Å². The highest BCUT2D eigenvalue weighted by Crippen LogP contribution is 2.25. The molecule has 0 fully saturated rings. The number of nitro groups is 1. The Morgan fingerprint density at radius 1 is 1.35 bits per heavy atom. The van der Waals surface area contributed by atoms with Crippen molar-refractivity contribution in [1.82, 2.24) is 19.9 Å². The predicted octanol–water partition coefficient (Wildman–Crippen LogP) is 2.90. The third-order valence-corrected chi connectivity index (χ3v) is 3.48. The molecule has 0 amide bonds. The first-order chi connectivity index (χ1) is 11.0. The van der Waals surface area contributed by atoms with Crippen LogP contribution in [0.2, 0.25) is 0 Å². The molecular weight excluding hydrogens is 305 g/mol. The minimum absolute atomic E-state index is 0.0740. The lowest BCUT2D eigenvalue weighted by atomic mass is 10.2. The number of rotatable bonds is 4. The van der Waals surface area contributed by atoms with E-state index in [9.17, 15) is 14.5 Å². The van der Waals surface area contributed by atoms with E-state index in [2.05, 4.69) is 15.2 Å². The van der Waals surface area contributed by atoms with Gasteiger partial charge in [0.15, 0.2) is 0 Å². The molecule has 0 spiro atoms. The molecule has 0 aliphatic carbocycles. The minimum atomic E-state index is -0.497. The summed E-state index contributed by atoms with van der Waals surface area (Å²) in [6, 6.07) is 5.22. The van der Waals surface area contributed by atoms with Crippen molar-refractivity contribution < 1.29 is 13.8 Å². The van der Waals surface area contributed by atoms with Crippen LogP contribution in [-0.4, -0.2) is 24.8 Å². The van der Waals surface area contributed by atoms with Gasteiger partial charge in [0.1, 0.15) is 23.7 Å². The van der Waals surface area contributed by atoms with Crippen molar-refractivity contribution in [3.63, 3.8) is 0 Å². The third kappa shape index (κ3) is 2.68. The molecule has 0 bridgehead atoms.